The summed E-state index contributed by atoms with van der Waals surface area (Å²) in [4.78, 5) is 7.67. The number of ether oxygens (including phenoxy) is 1. The van der Waals surface area contributed by atoms with Crippen molar-refractivity contribution in [2.24, 2.45) is 0 Å². The second-order valence-corrected chi connectivity index (χ2v) is 3.50. The topological polar surface area (TPSA) is 58.8 Å². The summed E-state index contributed by atoms with van der Waals surface area (Å²) in [5.74, 6) is -1.60. The van der Waals surface area contributed by atoms with Crippen molar-refractivity contribution in [2.45, 2.75) is 6.92 Å². The molecule has 0 spiro atoms. The normalized spacial score (nSPS) is 9.89. The van der Waals surface area contributed by atoms with Crippen molar-refractivity contribution < 1.29 is 13.5 Å². The summed E-state index contributed by atoms with van der Waals surface area (Å²) >= 11 is 0. The summed E-state index contributed by atoms with van der Waals surface area (Å²) in [6, 6.07) is 5.91. The van der Waals surface area contributed by atoms with Crippen LogP contribution in [-0.4, -0.2) is 9.97 Å². The van der Waals surface area contributed by atoms with Gasteiger partial charge in [-0.1, -0.05) is 0 Å². The second kappa shape index (κ2) is 4.75. The third kappa shape index (κ3) is 2.77. The number of halogens is 2. The highest BCUT2D eigenvalue weighted by Crippen LogP contribution is 2.20. The standard InChI is InChI=1S/C12H7F2N3O/c1-7-2-10(6-15)17-12(16-7)18-11-4-8(13)3-9(14)5-11/h2-5H,1H3. The van der Waals surface area contributed by atoms with Gasteiger partial charge in [-0.25, -0.2) is 13.8 Å². The van der Waals surface area contributed by atoms with Crippen LogP contribution in [-0.2, 0) is 0 Å². The Hall–Kier alpha value is -2.55. The molecule has 0 unspecified atom stereocenters. The average molecular weight is 247 g/mol. The highest BCUT2D eigenvalue weighted by molar-refractivity contribution is 5.29. The Labute approximate surface area is 101 Å². The number of aryl methyl sites for hydroxylation is 1. The third-order valence-electron chi connectivity index (χ3n) is 1.99. The van der Waals surface area contributed by atoms with Crippen LogP contribution in [0.1, 0.15) is 11.4 Å². The molecule has 18 heavy (non-hydrogen) atoms. The van der Waals surface area contributed by atoms with Gasteiger partial charge in [0.15, 0.2) is 0 Å². The van der Waals surface area contributed by atoms with Gasteiger partial charge in [-0.15, -0.1) is 0 Å². The first-order valence-electron chi connectivity index (χ1n) is 4.96. The molecule has 2 aromatic rings. The van der Waals surface area contributed by atoms with Crippen molar-refractivity contribution in [1.29, 1.82) is 5.26 Å². The fourth-order valence-electron chi connectivity index (χ4n) is 1.34. The molecule has 0 aliphatic rings. The molecule has 2 rings (SSSR count). The Morgan fingerprint density at radius 2 is 1.78 bits per heavy atom. The van der Waals surface area contributed by atoms with Gasteiger partial charge in [0, 0.05) is 23.9 Å². The fraction of sp³-hybridized carbons (Fsp3) is 0.0833. The fourth-order valence-corrected chi connectivity index (χ4v) is 1.34. The molecule has 0 atom stereocenters. The van der Waals surface area contributed by atoms with Crippen LogP contribution >= 0.6 is 0 Å². The molecule has 4 nitrogen and oxygen atoms in total. The van der Waals surface area contributed by atoms with Crippen molar-refractivity contribution in [3.05, 3.63) is 47.3 Å². The maximum atomic E-state index is 12.9. The van der Waals surface area contributed by atoms with Gasteiger partial charge in [0.25, 0.3) is 0 Å². The molecule has 0 radical (unpaired) electrons. The van der Waals surface area contributed by atoms with Crippen LogP contribution in [0.4, 0.5) is 8.78 Å². The van der Waals surface area contributed by atoms with Crippen molar-refractivity contribution in [3.63, 3.8) is 0 Å². The lowest BCUT2D eigenvalue weighted by atomic mass is 10.3. The molecule has 90 valence electrons. The minimum Gasteiger partial charge on any atom is -0.424 e. The molecule has 1 aromatic carbocycles. The van der Waals surface area contributed by atoms with E-state index in [4.69, 9.17) is 10.00 Å². The van der Waals surface area contributed by atoms with Gasteiger partial charge < -0.3 is 4.74 Å². The smallest absolute Gasteiger partial charge is 0.323 e. The minimum atomic E-state index is -0.766. The number of nitrogens with zero attached hydrogens (tertiary/aromatic N) is 3. The lowest BCUT2D eigenvalue weighted by Gasteiger charge is -2.05. The lowest BCUT2D eigenvalue weighted by molar-refractivity contribution is 0.430. The van der Waals surface area contributed by atoms with Gasteiger partial charge in [0.05, 0.1) is 0 Å². The number of aromatic nitrogens is 2. The predicted octanol–water partition coefficient (Wildman–Crippen LogP) is 2.73. The summed E-state index contributed by atoms with van der Waals surface area (Å²) < 4.78 is 31.0. The zero-order valence-electron chi connectivity index (χ0n) is 9.32. The van der Waals surface area contributed by atoms with Crippen LogP contribution in [0.15, 0.2) is 24.3 Å². The van der Waals surface area contributed by atoms with E-state index in [2.05, 4.69) is 9.97 Å². The molecule has 0 amide bonds. The first-order chi connectivity index (χ1) is 8.56. The first-order valence-corrected chi connectivity index (χ1v) is 4.96. The van der Waals surface area contributed by atoms with E-state index in [1.165, 1.54) is 6.07 Å². The molecular formula is C12H7F2N3O. The predicted molar refractivity (Wildman–Crippen MR) is 57.9 cm³/mol. The number of rotatable bonds is 2. The molecular weight excluding hydrogens is 240 g/mol. The molecule has 6 heteroatoms. The molecule has 0 aliphatic heterocycles. The number of benzene rings is 1. The molecule has 0 saturated heterocycles. The van der Waals surface area contributed by atoms with Crippen molar-refractivity contribution >= 4 is 0 Å². The number of nitriles is 1. The van der Waals surface area contributed by atoms with Crippen LogP contribution in [0.3, 0.4) is 0 Å². The molecule has 0 bridgehead atoms. The summed E-state index contributed by atoms with van der Waals surface area (Å²) in [6.07, 6.45) is 0. The Morgan fingerprint density at radius 3 is 2.39 bits per heavy atom. The Balaban J connectivity index is 2.34. The lowest BCUT2D eigenvalue weighted by Crippen LogP contribution is -1.97. The van der Waals surface area contributed by atoms with Gasteiger partial charge in [0.1, 0.15) is 29.1 Å². The molecule has 1 aromatic heterocycles. The SMILES string of the molecule is Cc1cc(C#N)nc(Oc2cc(F)cc(F)c2)n1. The van der Waals surface area contributed by atoms with Crippen LogP contribution in [0, 0.1) is 29.9 Å². The Kier molecular flexibility index (Phi) is 3.15. The van der Waals surface area contributed by atoms with Gasteiger partial charge >= 0.3 is 6.01 Å². The maximum Gasteiger partial charge on any atom is 0.323 e. The van der Waals surface area contributed by atoms with Crippen LogP contribution in [0.5, 0.6) is 11.8 Å². The van der Waals surface area contributed by atoms with E-state index >= 15 is 0 Å². The maximum absolute atomic E-state index is 12.9. The Morgan fingerprint density at radius 1 is 1.11 bits per heavy atom. The van der Waals surface area contributed by atoms with Gasteiger partial charge in [-0.05, 0) is 13.0 Å². The highest BCUT2D eigenvalue weighted by atomic mass is 19.1. The summed E-state index contributed by atoms with van der Waals surface area (Å²) in [7, 11) is 0. The van der Waals surface area contributed by atoms with E-state index in [-0.39, 0.29) is 17.5 Å². The summed E-state index contributed by atoms with van der Waals surface area (Å²) in [5, 5.41) is 8.72. The van der Waals surface area contributed by atoms with Gasteiger partial charge in [0.2, 0.25) is 0 Å². The van der Waals surface area contributed by atoms with Gasteiger partial charge in [-0.2, -0.15) is 10.2 Å². The molecule has 0 saturated carbocycles. The highest BCUT2D eigenvalue weighted by Gasteiger charge is 2.07. The van der Waals surface area contributed by atoms with E-state index in [0.717, 1.165) is 18.2 Å². The zero-order chi connectivity index (χ0) is 13.1. The van der Waals surface area contributed by atoms with Crippen LogP contribution in [0.2, 0.25) is 0 Å². The summed E-state index contributed by atoms with van der Waals surface area (Å²) in [6.45, 7) is 1.65. The first kappa shape index (κ1) is 11.9. The van der Waals surface area contributed by atoms with Crippen LogP contribution in [0.25, 0.3) is 0 Å². The van der Waals surface area contributed by atoms with E-state index in [1.54, 1.807) is 6.92 Å². The van der Waals surface area contributed by atoms with Crippen molar-refractivity contribution in [1.82, 2.24) is 9.97 Å². The number of hydrogen-bond acceptors (Lipinski definition) is 4. The quantitative estimate of drug-likeness (QED) is 0.818. The molecule has 0 N–H and O–H groups in total. The second-order valence-electron chi connectivity index (χ2n) is 3.50. The largest absolute Gasteiger partial charge is 0.424 e. The number of hydrogen-bond donors (Lipinski definition) is 0. The summed E-state index contributed by atoms with van der Waals surface area (Å²) in [5.41, 5.74) is 0.641. The van der Waals surface area contributed by atoms with Crippen LogP contribution < -0.4 is 4.74 Å². The Bertz CT molecular complexity index is 617. The minimum absolute atomic E-state index is 0.0676. The zero-order valence-corrected chi connectivity index (χ0v) is 9.32. The van der Waals surface area contributed by atoms with Crippen molar-refractivity contribution in [2.75, 3.05) is 0 Å². The average Bonchev–Trinajstić information content (AvgIpc) is 2.26. The molecule has 0 fully saturated rings. The molecule has 1 heterocycles. The van der Waals surface area contributed by atoms with Crippen molar-refractivity contribution in [3.8, 4) is 17.8 Å². The van der Waals surface area contributed by atoms with E-state index in [9.17, 15) is 8.78 Å². The monoisotopic (exact) mass is 247 g/mol. The van der Waals surface area contributed by atoms with E-state index in [1.807, 2.05) is 6.07 Å². The third-order valence-corrected chi connectivity index (χ3v) is 1.99. The van der Waals surface area contributed by atoms with E-state index in [0.29, 0.717) is 5.69 Å². The van der Waals surface area contributed by atoms with E-state index < -0.39 is 11.6 Å². The van der Waals surface area contributed by atoms with Gasteiger partial charge in [-0.3, -0.25) is 0 Å². The molecule has 0 aliphatic carbocycles.